The van der Waals surface area contributed by atoms with E-state index in [2.05, 4.69) is 15.4 Å². The number of rotatable bonds is 4. The van der Waals surface area contributed by atoms with Crippen LogP contribution in [0.5, 0.6) is 0 Å². The number of anilines is 3. The van der Waals surface area contributed by atoms with Gasteiger partial charge < -0.3 is 10.1 Å². The minimum atomic E-state index is -4.56. The first-order valence-corrected chi connectivity index (χ1v) is 6.97. The number of nitrogens with one attached hydrogen (secondary N) is 2. The topological polar surface area (TPSA) is 50.4 Å². The maximum absolute atomic E-state index is 12.9. The van der Waals surface area contributed by atoms with E-state index in [9.17, 15) is 22.4 Å². The highest BCUT2D eigenvalue weighted by molar-refractivity contribution is 5.90. The van der Waals surface area contributed by atoms with Crippen molar-refractivity contribution < 1.29 is 27.1 Å². The Balaban J connectivity index is 2.34. The van der Waals surface area contributed by atoms with Crippen molar-refractivity contribution in [2.45, 2.75) is 13.1 Å². The molecule has 1 amide bonds. The minimum Gasteiger partial charge on any atom is -0.450 e. The number of hydrogen-bond acceptors (Lipinski definition) is 3. The van der Waals surface area contributed by atoms with Gasteiger partial charge >= 0.3 is 12.3 Å². The third-order valence-electron chi connectivity index (χ3n) is 2.98. The van der Waals surface area contributed by atoms with E-state index in [1.807, 2.05) is 0 Å². The largest absolute Gasteiger partial charge is 0.450 e. The molecule has 2 aromatic carbocycles. The summed E-state index contributed by atoms with van der Waals surface area (Å²) < 4.78 is 56.2. The van der Waals surface area contributed by atoms with Crippen molar-refractivity contribution in [2.24, 2.45) is 0 Å². The normalized spacial score (nSPS) is 11.0. The Kier molecular flexibility index (Phi) is 5.28. The van der Waals surface area contributed by atoms with Gasteiger partial charge in [-0.3, -0.25) is 5.32 Å². The number of halogens is 4. The van der Waals surface area contributed by atoms with Crippen LogP contribution in [0.2, 0.25) is 0 Å². The van der Waals surface area contributed by atoms with Crippen molar-refractivity contribution in [3.05, 3.63) is 53.8 Å². The smallest absolute Gasteiger partial charge is 0.416 e. The summed E-state index contributed by atoms with van der Waals surface area (Å²) in [6.07, 6.45) is -5.43. The molecule has 0 heterocycles. The van der Waals surface area contributed by atoms with Crippen molar-refractivity contribution in [1.82, 2.24) is 0 Å². The summed E-state index contributed by atoms with van der Waals surface area (Å²) in [4.78, 5) is 11.5. The molecule has 2 aromatic rings. The standard InChI is InChI=1S/C16H14F4N2O2/c1-2-24-15(23)22-14-9-10(16(18,19)20)3-8-13(14)21-12-6-4-11(17)5-7-12/h3-9,21H,2H2,1H3,(H,22,23). The number of ether oxygens (including phenoxy) is 1. The van der Waals surface area contributed by atoms with Gasteiger partial charge in [-0.05, 0) is 49.4 Å². The van der Waals surface area contributed by atoms with E-state index in [1.54, 1.807) is 6.92 Å². The second kappa shape index (κ2) is 7.20. The molecule has 0 unspecified atom stereocenters. The molecule has 0 aromatic heterocycles. The fourth-order valence-electron chi connectivity index (χ4n) is 1.90. The molecule has 0 aliphatic carbocycles. The van der Waals surface area contributed by atoms with Gasteiger partial charge in [0.05, 0.1) is 23.5 Å². The van der Waals surface area contributed by atoms with E-state index in [0.29, 0.717) is 5.69 Å². The van der Waals surface area contributed by atoms with Gasteiger partial charge in [-0.1, -0.05) is 0 Å². The molecule has 0 saturated carbocycles. The van der Waals surface area contributed by atoms with Crippen LogP contribution in [0.15, 0.2) is 42.5 Å². The van der Waals surface area contributed by atoms with Crippen LogP contribution in [0.4, 0.5) is 39.4 Å². The van der Waals surface area contributed by atoms with Crippen molar-refractivity contribution in [3.63, 3.8) is 0 Å². The Labute approximate surface area is 135 Å². The quantitative estimate of drug-likeness (QED) is 0.755. The van der Waals surface area contributed by atoms with Crippen LogP contribution in [0.25, 0.3) is 0 Å². The van der Waals surface area contributed by atoms with E-state index in [0.717, 1.165) is 12.1 Å². The highest BCUT2D eigenvalue weighted by Gasteiger charge is 2.31. The highest BCUT2D eigenvalue weighted by Crippen LogP contribution is 2.35. The van der Waals surface area contributed by atoms with Gasteiger partial charge in [0.1, 0.15) is 5.82 Å². The van der Waals surface area contributed by atoms with Gasteiger partial charge in [0.15, 0.2) is 0 Å². The zero-order valence-corrected chi connectivity index (χ0v) is 12.6. The van der Waals surface area contributed by atoms with Crippen LogP contribution >= 0.6 is 0 Å². The predicted molar refractivity (Wildman–Crippen MR) is 81.8 cm³/mol. The predicted octanol–water partition coefficient (Wildman–Crippen LogP) is 5.16. The maximum atomic E-state index is 12.9. The summed E-state index contributed by atoms with van der Waals surface area (Å²) in [6, 6.07) is 8.08. The summed E-state index contributed by atoms with van der Waals surface area (Å²) in [5.74, 6) is -0.446. The van der Waals surface area contributed by atoms with Gasteiger partial charge in [-0.25, -0.2) is 9.18 Å². The zero-order valence-electron chi connectivity index (χ0n) is 12.6. The molecule has 8 heteroatoms. The Morgan fingerprint density at radius 3 is 2.33 bits per heavy atom. The number of amides is 1. The first kappa shape index (κ1) is 17.6. The lowest BCUT2D eigenvalue weighted by molar-refractivity contribution is -0.137. The van der Waals surface area contributed by atoms with E-state index in [-0.39, 0.29) is 18.0 Å². The molecule has 0 fully saturated rings. The summed E-state index contributed by atoms with van der Waals surface area (Å²) in [6.45, 7) is 1.65. The van der Waals surface area contributed by atoms with Gasteiger partial charge in [0.2, 0.25) is 0 Å². The first-order chi connectivity index (χ1) is 11.3. The van der Waals surface area contributed by atoms with Crippen molar-refractivity contribution in [3.8, 4) is 0 Å². The third kappa shape index (κ3) is 4.61. The van der Waals surface area contributed by atoms with Crippen molar-refractivity contribution >= 4 is 23.2 Å². The third-order valence-corrected chi connectivity index (χ3v) is 2.98. The molecule has 0 bridgehead atoms. The highest BCUT2D eigenvalue weighted by atomic mass is 19.4. The minimum absolute atomic E-state index is 0.0749. The summed E-state index contributed by atoms with van der Waals surface area (Å²) in [5, 5.41) is 5.08. The second-order valence-electron chi connectivity index (χ2n) is 4.74. The van der Waals surface area contributed by atoms with Crippen molar-refractivity contribution in [2.75, 3.05) is 17.2 Å². The Bertz CT molecular complexity index is 715. The number of hydrogen-bond donors (Lipinski definition) is 2. The molecular formula is C16H14F4N2O2. The van der Waals surface area contributed by atoms with Gasteiger partial charge in [0.25, 0.3) is 0 Å². The number of alkyl halides is 3. The van der Waals surface area contributed by atoms with E-state index >= 15 is 0 Å². The Hall–Kier alpha value is -2.77. The lowest BCUT2D eigenvalue weighted by Crippen LogP contribution is -2.15. The molecule has 24 heavy (non-hydrogen) atoms. The fraction of sp³-hybridized carbons (Fsp3) is 0.188. The molecule has 0 spiro atoms. The molecule has 2 rings (SSSR count). The molecule has 0 atom stereocenters. The molecule has 128 valence electrons. The molecule has 0 radical (unpaired) electrons. The van der Waals surface area contributed by atoms with Gasteiger partial charge in [0, 0.05) is 5.69 Å². The zero-order chi connectivity index (χ0) is 17.7. The van der Waals surface area contributed by atoms with Crippen LogP contribution < -0.4 is 10.6 Å². The van der Waals surface area contributed by atoms with E-state index in [1.165, 1.54) is 30.3 Å². The molecular weight excluding hydrogens is 328 g/mol. The van der Waals surface area contributed by atoms with Crippen LogP contribution in [0.3, 0.4) is 0 Å². The first-order valence-electron chi connectivity index (χ1n) is 6.97. The van der Waals surface area contributed by atoms with Gasteiger partial charge in [-0.15, -0.1) is 0 Å². The van der Waals surface area contributed by atoms with Crippen molar-refractivity contribution in [1.29, 1.82) is 0 Å². The number of benzene rings is 2. The summed E-state index contributed by atoms with van der Waals surface area (Å²) >= 11 is 0. The molecule has 0 aliphatic heterocycles. The van der Waals surface area contributed by atoms with Crippen LogP contribution in [-0.2, 0) is 10.9 Å². The summed E-state index contributed by atoms with van der Waals surface area (Å²) in [7, 11) is 0. The van der Waals surface area contributed by atoms with Crippen LogP contribution in [0.1, 0.15) is 12.5 Å². The Morgan fingerprint density at radius 2 is 1.75 bits per heavy atom. The van der Waals surface area contributed by atoms with E-state index < -0.39 is 23.7 Å². The molecule has 0 aliphatic rings. The summed E-state index contributed by atoms with van der Waals surface area (Å²) in [5.41, 5.74) is -0.364. The number of carbonyl (C=O) groups is 1. The average Bonchev–Trinajstić information content (AvgIpc) is 2.50. The lowest BCUT2D eigenvalue weighted by atomic mass is 10.1. The molecule has 0 saturated heterocycles. The molecule has 2 N–H and O–H groups in total. The number of carbonyl (C=O) groups excluding carboxylic acids is 1. The molecule has 4 nitrogen and oxygen atoms in total. The fourth-order valence-corrected chi connectivity index (χ4v) is 1.90. The lowest BCUT2D eigenvalue weighted by Gasteiger charge is -2.16. The van der Waals surface area contributed by atoms with E-state index in [4.69, 9.17) is 0 Å². The van der Waals surface area contributed by atoms with Gasteiger partial charge in [-0.2, -0.15) is 13.2 Å². The van der Waals surface area contributed by atoms with Crippen LogP contribution in [0, 0.1) is 5.82 Å². The Morgan fingerprint density at radius 1 is 1.08 bits per heavy atom. The maximum Gasteiger partial charge on any atom is 0.416 e. The second-order valence-corrected chi connectivity index (χ2v) is 4.74. The monoisotopic (exact) mass is 342 g/mol. The SMILES string of the molecule is CCOC(=O)Nc1cc(C(F)(F)F)ccc1Nc1ccc(F)cc1. The average molecular weight is 342 g/mol. The van der Waals surface area contributed by atoms with Crippen LogP contribution in [-0.4, -0.2) is 12.7 Å².